The van der Waals surface area contributed by atoms with Crippen LogP contribution < -0.4 is 5.32 Å². The van der Waals surface area contributed by atoms with Crippen LogP contribution in [0.15, 0.2) is 36.4 Å². The van der Waals surface area contributed by atoms with Crippen LogP contribution in [0.2, 0.25) is 0 Å². The molecule has 1 heterocycles. The number of hydrogen-bond acceptors (Lipinski definition) is 2. The molecule has 1 aliphatic heterocycles. The van der Waals surface area contributed by atoms with Gasteiger partial charge in [-0.15, -0.1) is 0 Å². The monoisotopic (exact) mass is 279 g/mol. The number of carbonyl (C=O) groups excluding carboxylic acids is 1. The van der Waals surface area contributed by atoms with E-state index in [1.165, 1.54) is 6.07 Å². The van der Waals surface area contributed by atoms with Crippen LogP contribution in [-0.2, 0) is 10.4 Å². The van der Waals surface area contributed by atoms with Gasteiger partial charge in [-0.25, -0.2) is 13.2 Å². The first-order chi connectivity index (χ1) is 9.44. The van der Waals surface area contributed by atoms with E-state index in [4.69, 9.17) is 0 Å². The molecule has 3 nitrogen and oxygen atoms in total. The van der Waals surface area contributed by atoms with E-state index in [2.05, 4.69) is 5.32 Å². The molecular weight excluding hydrogens is 271 g/mol. The first-order valence-electron chi connectivity index (χ1n) is 5.73. The highest BCUT2D eigenvalue weighted by Crippen LogP contribution is 2.42. The maximum Gasteiger partial charge on any atom is 0.265 e. The third-order valence-corrected chi connectivity index (χ3v) is 3.29. The van der Waals surface area contributed by atoms with Gasteiger partial charge in [-0.3, -0.25) is 4.79 Å². The largest absolute Gasteiger partial charge is 0.372 e. The Hall–Kier alpha value is -2.34. The van der Waals surface area contributed by atoms with E-state index in [9.17, 15) is 23.1 Å². The minimum absolute atomic E-state index is 0.146. The van der Waals surface area contributed by atoms with E-state index < -0.39 is 34.5 Å². The number of aliphatic hydroxyl groups is 1. The second kappa shape index (κ2) is 4.08. The molecule has 1 unspecified atom stereocenters. The lowest BCUT2D eigenvalue weighted by molar-refractivity contribution is -0.129. The van der Waals surface area contributed by atoms with Crippen LogP contribution in [0, 0.1) is 17.5 Å². The number of rotatable bonds is 1. The Morgan fingerprint density at radius 1 is 1.05 bits per heavy atom. The molecule has 0 saturated carbocycles. The van der Waals surface area contributed by atoms with Crippen LogP contribution in [0.25, 0.3) is 0 Å². The van der Waals surface area contributed by atoms with Crippen molar-refractivity contribution in [2.24, 2.45) is 0 Å². The zero-order chi connectivity index (χ0) is 14.5. The highest BCUT2D eigenvalue weighted by Gasteiger charge is 2.49. The molecule has 2 aromatic carbocycles. The summed E-state index contributed by atoms with van der Waals surface area (Å²) in [5.74, 6) is -4.20. The summed E-state index contributed by atoms with van der Waals surface area (Å²) >= 11 is 0. The Labute approximate surface area is 111 Å². The van der Waals surface area contributed by atoms with Crippen LogP contribution >= 0.6 is 0 Å². The topological polar surface area (TPSA) is 49.3 Å². The molecule has 6 heteroatoms. The zero-order valence-electron chi connectivity index (χ0n) is 9.95. The third-order valence-electron chi connectivity index (χ3n) is 3.29. The molecule has 2 aromatic rings. The van der Waals surface area contributed by atoms with Gasteiger partial charge in [0.1, 0.15) is 5.82 Å². The summed E-state index contributed by atoms with van der Waals surface area (Å²) in [6.07, 6.45) is 0. The highest BCUT2D eigenvalue weighted by atomic mass is 19.2. The van der Waals surface area contributed by atoms with Crippen molar-refractivity contribution >= 4 is 11.6 Å². The fraction of sp³-hybridized carbons (Fsp3) is 0.0714. The van der Waals surface area contributed by atoms with Gasteiger partial charge in [-0.2, -0.15) is 0 Å². The number of anilines is 1. The normalized spacial score (nSPS) is 20.7. The summed E-state index contributed by atoms with van der Waals surface area (Å²) in [6, 6.07) is 6.36. The molecule has 20 heavy (non-hydrogen) atoms. The lowest BCUT2D eigenvalue weighted by Crippen LogP contribution is -2.36. The number of carbonyl (C=O) groups is 1. The second-order valence-electron chi connectivity index (χ2n) is 4.46. The average molecular weight is 279 g/mol. The minimum Gasteiger partial charge on any atom is -0.372 e. The fourth-order valence-corrected chi connectivity index (χ4v) is 2.31. The Morgan fingerprint density at radius 2 is 1.80 bits per heavy atom. The lowest BCUT2D eigenvalue weighted by Gasteiger charge is -2.22. The van der Waals surface area contributed by atoms with Gasteiger partial charge < -0.3 is 10.4 Å². The molecule has 1 atom stereocenters. The van der Waals surface area contributed by atoms with Gasteiger partial charge in [0.2, 0.25) is 0 Å². The minimum atomic E-state index is -2.45. The summed E-state index contributed by atoms with van der Waals surface area (Å²) in [4.78, 5) is 12.0. The number of benzene rings is 2. The molecule has 0 bridgehead atoms. The Balaban J connectivity index is 2.30. The quantitative estimate of drug-likeness (QED) is 0.841. The van der Waals surface area contributed by atoms with Gasteiger partial charge >= 0.3 is 0 Å². The van der Waals surface area contributed by atoms with Gasteiger partial charge in [0.15, 0.2) is 17.2 Å². The molecule has 0 fully saturated rings. The van der Waals surface area contributed by atoms with E-state index in [0.717, 1.165) is 30.3 Å². The number of halogens is 3. The molecule has 102 valence electrons. The van der Waals surface area contributed by atoms with Crippen LogP contribution in [-0.4, -0.2) is 11.0 Å². The molecule has 0 aliphatic carbocycles. The fourth-order valence-electron chi connectivity index (χ4n) is 2.31. The summed E-state index contributed by atoms with van der Waals surface area (Å²) in [7, 11) is 0. The SMILES string of the molecule is O=C1Nc2ccc(F)cc2C1(O)c1cccc(F)c1F. The van der Waals surface area contributed by atoms with Crippen molar-refractivity contribution in [3.63, 3.8) is 0 Å². The first-order valence-corrected chi connectivity index (χ1v) is 5.73. The highest BCUT2D eigenvalue weighted by molar-refractivity contribution is 6.07. The Morgan fingerprint density at radius 3 is 2.55 bits per heavy atom. The molecular formula is C14H8F3NO2. The number of hydrogen-bond donors (Lipinski definition) is 2. The third kappa shape index (κ3) is 1.55. The number of amides is 1. The number of nitrogens with one attached hydrogen (secondary N) is 1. The molecule has 3 rings (SSSR count). The Bertz CT molecular complexity index is 732. The van der Waals surface area contributed by atoms with Gasteiger partial charge in [-0.05, 0) is 24.3 Å². The predicted molar refractivity (Wildman–Crippen MR) is 64.4 cm³/mol. The van der Waals surface area contributed by atoms with Crippen molar-refractivity contribution in [2.75, 3.05) is 5.32 Å². The molecule has 2 N–H and O–H groups in total. The van der Waals surface area contributed by atoms with Crippen molar-refractivity contribution in [3.8, 4) is 0 Å². The smallest absolute Gasteiger partial charge is 0.265 e. The van der Waals surface area contributed by atoms with Crippen molar-refractivity contribution in [1.29, 1.82) is 0 Å². The van der Waals surface area contributed by atoms with Crippen LogP contribution in [0.3, 0.4) is 0 Å². The first kappa shape index (κ1) is 12.7. The molecule has 0 saturated heterocycles. The molecule has 1 aliphatic rings. The Kier molecular flexibility index (Phi) is 2.58. The maximum atomic E-state index is 13.9. The summed E-state index contributed by atoms with van der Waals surface area (Å²) in [5.41, 5.74) is -3.00. The van der Waals surface area contributed by atoms with Gasteiger partial charge in [0, 0.05) is 16.8 Å². The molecule has 0 radical (unpaired) electrons. The van der Waals surface area contributed by atoms with Crippen molar-refractivity contribution in [3.05, 3.63) is 65.0 Å². The zero-order valence-corrected chi connectivity index (χ0v) is 9.95. The summed E-state index contributed by atoms with van der Waals surface area (Å²) < 4.78 is 40.5. The standard InChI is InChI=1S/C14H8F3NO2/c15-7-4-5-11-9(6-7)14(20,13(19)18-11)8-2-1-3-10(16)12(8)17/h1-6,20H,(H,18,19). The summed E-state index contributed by atoms with van der Waals surface area (Å²) in [6.45, 7) is 0. The van der Waals surface area contributed by atoms with Gasteiger partial charge in [0.05, 0.1) is 0 Å². The van der Waals surface area contributed by atoms with Gasteiger partial charge in [0.25, 0.3) is 5.91 Å². The van der Waals surface area contributed by atoms with E-state index in [1.807, 2.05) is 0 Å². The molecule has 0 spiro atoms. The van der Waals surface area contributed by atoms with Crippen LogP contribution in [0.5, 0.6) is 0 Å². The predicted octanol–water partition coefficient (Wildman–Crippen LogP) is 2.29. The van der Waals surface area contributed by atoms with E-state index in [1.54, 1.807) is 0 Å². The molecule has 1 amide bonds. The van der Waals surface area contributed by atoms with E-state index in [-0.39, 0.29) is 11.3 Å². The van der Waals surface area contributed by atoms with Crippen molar-refractivity contribution in [1.82, 2.24) is 0 Å². The van der Waals surface area contributed by atoms with Crippen LogP contribution in [0.1, 0.15) is 11.1 Å². The molecule has 0 aromatic heterocycles. The second-order valence-corrected chi connectivity index (χ2v) is 4.46. The lowest BCUT2D eigenvalue weighted by atomic mass is 9.87. The van der Waals surface area contributed by atoms with E-state index >= 15 is 0 Å². The van der Waals surface area contributed by atoms with E-state index in [0.29, 0.717) is 0 Å². The maximum absolute atomic E-state index is 13.9. The van der Waals surface area contributed by atoms with Crippen molar-refractivity contribution < 1.29 is 23.1 Å². The summed E-state index contributed by atoms with van der Waals surface area (Å²) in [5, 5.41) is 12.8. The van der Waals surface area contributed by atoms with Crippen LogP contribution in [0.4, 0.5) is 18.9 Å². The average Bonchev–Trinajstić information content (AvgIpc) is 2.66. The van der Waals surface area contributed by atoms with Crippen molar-refractivity contribution in [2.45, 2.75) is 5.60 Å². The number of fused-ring (bicyclic) bond motifs is 1. The van der Waals surface area contributed by atoms with Gasteiger partial charge in [-0.1, -0.05) is 12.1 Å².